The number of anilines is 1. The molecule has 2 rings (SSSR count). The number of nitrogens with two attached hydrogens (primary N) is 1. The summed E-state index contributed by atoms with van der Waals surface area (Å²) >= 11 is 2.89. The Hall–Kier alpha value is -1.40. The summed E-state index contributed by atoms with van der Waals surface area (Å²) < 4.78 is 4.61. The van der Waals surface area contributed by atoms with E-state index in [1.807, 2.05) is 18.4 Å². The average Bonchev–Trinajstić information content (AvgIpc) is 2.83. The third kappa shape index (κ3) is 1.81. The predicted molar refractivity (Wildman–Crippen MR) is 65.9 cm³/mol. The molecule has 0 amide bonds. The van der Waals surface area contributed by atoms with Crippen molar-refractivity contribution in [3.63, 3.8) is 0 Å². The minimum absolute atomic E-state index is 0.204. The number of carbonyl (C=O) groups excluding carboxylic acids is 1. The summed E-state index contributed by atoms with van der Waals surface area (Å²) in [5.74, 6) is -0.491. The standard InChI is InChI=1S/C10H10N2O2S2/c1-5-3-4-15-7(5)9-12-6(8(11)16-9)10(13)14-2/h3-4H,11H2,1-2H3. The number of hydrogen-bond donors (Lipinski definition) is 1. The highest BCUT2D eigenvalue weighted by Crippen LogP contribution is 2.35. The molecule has 6 heteroatoms. The molecule has 0 bridgehead atoms. The second-order valence-corrected chi connectivity index (χ2v) is 5.10. The van der Waals surface area contributed by atoms with Gasteiger partial charge in [-0.25, -0.2) is 9.78 Å². The molecule has 2 aromatic rings. The quantitative estimate of drug-likeness (QED) is 0.836. The lowest BCUT2D eigenvalue weighted by molar-refractivity contribution is 0.0596. The van der Waals surface area contributed by atoms with Gasteiger partial charge >= 0.3 is 5.97 Å². The van der Waals surface area contributed by atoms with Gasteiger partial charge in [0.05, 0.1) is 12.0 Å². The maximum absolute atomic E-state index is 11.3. The van der Waals surface area contributed by atoms with Gasteiger partial charge in [0.1, 0.15) is 10.0 Å². The number of thiazole rings is 1. The van der Waals surface area contributed by atoms with Gasteiger partial charge in [-0.2, -0.15) is 0 Å². The molecule has 0 radical (unpaired) electrons. The molecule has 0 aromatic carbocycles. The highest BCUT2D eigenvalue weighted by Gasteiger charge is 2.18. The minimum atomic E-state index is -0.491. The Balaban J connectivity index is 2.46. The van der Waals surface area contributed by atoms with Crippen LogP contribution in [0.4, 0.5) is 5.00 Å². The minimum Gasteiger partial charge on any atom is -0.464 e. The molecule has 0 unspecified atom stereocenters. The zero-order valence-electron chi connectivity index (χ0n) is 8.81. The number of hydrogen-bond acceptors (Lipinski definition) is 6. The fourth-order valence-electron chi connectivity index (χ4n) is 1.26. The number of nitrogen functional groups attached to an aromatic ring is 1. The topological polar surface area (TPSA) is 65.2 Å². The molecule has 0 aliphatic heterocycles. The number of methoxy groups -OCH3 is 1. The molecule has 0 saturated carbocycles. The van der Waals surface area contributed by atoms with Crippen LogP contribution in [-0.2, 0) is 4.74 Å². The van der Waals surface area contributed by atoms with E-state index in [1.54, 1.807) is 11.3 Å². The van der Waals surface area contributed by atoms with Gasteiger partial charge in [-0.1, -0.05) is 11.3 Å². The van der Waals surface area contributed by atoms with Crippen molar-refractivity contribution in [3.8, 4) is 9.88 Å². The Labute approximate surface area is 101 Å². The van der Waals surface area contributed by atoms with Crippen molar-refractivity contribution < 1.29 is 9.53 Å². The molecule has 0 aliphatic carbocycles. The summed E-state index contributed by atoms with van der Waals surface area (Å²) in [6, 6.07) is 2.01. The highest BCUT2D eigenvalue weighted by molar-refractivity contribution is 7.23. The first-order chi connectivity index (χ1) is 7.63. The van der Waals surface area contributed by atoms with E-state index >= 15 is 0 Å². The van der Waals surface area contributed by atoms with Crippen LogP contribution in [0.5, 0.6) is 0 Å². The Kier molecular flexibility index (Phi) is 2.93. The Morgan fingerprint density at radius 3 is 2.88 bits per heavy atom. The normalized spacial score (nSPS) is 10.4. The monoisotopic (exact) mass is 254 g/mol. The Morgan fingerprint density at radius 1 is 1.56 bits per heavy atom. The molecule has 0 fully saturated rings. The van der Waals surface area contributed by atoms with Crippen molar-refractivity contribution in [1.82, 2.24) is 4.98 Å². The third-order valence-corrected chi connectivity index (χ3v) is 4.14. The maximum Gasteiger partial charge on any atom is 0.359 e. The molecule has 2 aromatic heterocycles. The molecule has 2 N–H and O–H groups in total. The van der Waals surface area contributed by atoms with Crippen LogP contribution < -0.4 is 5.73 Å². The fourth-order valence-corrected chi connectivity index (χ4v) is 3.17. The second-order valence-electron chi connectivity index (χ2n) is 3.16. The summed E-state index contributed by atoms with van der Waals surface area (Å²) in [6.07, 6.45) is 0. The molecular weight excluding hydrogens is 244 g/mol. The van der Waals surface area contributed by atoms with Crippen LogP contribution in [0.1, 0.15) is 16.1 Å². The van der Waals surface area contributed by atoms with Gasteiger partial charge in [0.2, 0.25) is 0 Å². The number of ether oxygens (including phenoxy) is 1. The first-order valence-corrected chi connectivity index (χ1v) is 6.22. The number of aryl methyl sites for hydroxylation is 1. The van der Waals surface area contributed by atoms with Crippen LogP contribution in [0.2, 0.25) is 0 Å². The number of rotatable bonds is 2. The largest absolute Gasteiger partial charge is 0.464 e. The number of aromatic nitrogens is 1. The molecular formula is C10H10N2O2S2. The van der Waals surface area contributed by atoms with Crippen LogP contribution in [0.25, 0.3) is 9.88 Å². The van der Waals surface area contributed by atoms with Gasteiger partial charge in [0.15, 0.2) is 5.69 Å². The fraction of sp³-hybridized carbons (Fsp3) is 0.200. The van der Waals surface area contributed by atoms with Crippen molar-refractivity contribution in [2.75, 3.05) is 12.8 Å². The molecule has 0 aliphatic rings. The highest BCUT2D eigenvalue weighted by atomic mass is 32.1. The van der Waals surface area contributed by atoms with E-state index in [1.165, 1.54) is 18.4 Å². The first-order valence-electron chi connectivity index (χ1n) is 4.52. The van der Waals surface area contributed by atoms with Gasteiger partial charge in [-0.05, 0) is 23.9 Å². The summed E-state index contributed by atoms with van der Waals surface area (Å²) in [5.41, 5.74) is 7.07. The van der Waals surface area contributed by atoms with Gasteiger partial charge in [-0.3, -0.25) is 0 Å². The predicted octanol–water partition coefficient (Wildman–Crippen LogP) is 2.55. The van der Waals surface area contributed by atoms with Crippen molar-refractivity contribution in [2.24, 2.45) is 0 Å². The molecule has 16 heavy (non-hydrogen) atoms. The number of nitrogens with zero attached hydrogens (tertiary/aromatic N) is 1. The summed E-state index contributed by atoms with van der Waals surface area (Å²) in [4.78, 5) is 16.6. The van der Waals surface area contributed by atoms with Gasteiger partial charge in [0.25, 0.3) is 0 Å². The van der Waals surface area contributed by atoms with Crippen molar-refractivity contribution in [2.45, 2.75) is 6.92 Å². The third-order valence-electron chi connectivity index (χ3n) is 2.09. The number of carbonyl (C=O) groups is 1. The zero-order valence-corrected chi connectivity index (χ0v) is 10.4. The molecule has 2 heterocycles. The van der Waals surface area contributed by atoms with E-state index in [4.69, 9.17) is 5.73 Å². The first kappa shape index (κ1) is 11.1. The Bertz CT molecular complexity index is 531. The van der Waals surface area contributed by atoms with Gasteiger partial charge < -0.3 is 10.5 Å². The smallest absolute Gasteiger partial charge is 0.359 e. The Morgan fingerprint density at radius 2 is 2.31 bits per heavy atom. The lowest BCUT2D eigenvalue weighted by atomic mass is 10.3. The molecule has 4 nitrogen and oxygen atoms in total. The number of thiophene rings is 1. The van der Waals surface area contributed by atoms with E-state index in [0.29, 0.717) is 5.00 Å². The van der Waals surface area contributed by atoms with Crippen LogP contribution in [0, 0.1) is 6.92 Å². The molecule has 0 atom stereocenters. The lowest BCUT2D eigenvalue weighted by Gasteiger charge is -1.94. The lowest BCUT2D eigenvalue weighted by Crippen LogP contribution is -2.04. The summed E-state index contributed by atoms with van der Waals surface area (Å²) in [6.45, 7) is 2.00. The van der Waals surface area contributed by atoms with Crippen molar-refractivity contribution >= 4 is 33.6 Å². The van der Waals surface area contributed by atoms with Crippen molar-refractivity contribution in [1.29, 1.82) is 0 Å². The van der Waals surface area contributed by atoms with E-state index in [-0.39, 0.29) is 5.69 Å². The molecule has 0 saturated heterocycles. The van der Waals surface area contributed by atoms with E-state index < -0.39 is 5.97 Å². The average molecular weight is 254 g/mol. The summed E-state index contributed by atoms with van der Waals surface area (Å²) in [7, 11) is 1.32. The van der Waals surface area contributed by atoms with Crippen molar-refractivity contribution in [3.05, 3.63) is 22.7 Å². The van der Waals surface area contributed by atoms with Crippen LogP contribution >= 0.6 is 22.7 Å². The SMILES string of the molecule is COC(=O)c1nc(-c2sccc2C)sc1N. The maximum atomic E-state index is 11.3. The van der Waals surface area contributed by atoms with E-state index in [9.17, 15) is 4.79 Å². The van der Waals surface area contributed by atoms with Gasteiger partial charge in [0, 0.05) is 0 Å². The van der Waals surface area contributed by atoms with E-state index in [2.05, 4.69) is 9.72 Å². The van der Waals surface area contributed by atoms with Crippen LogP contribution in [0.15, 0.2) is 11.4 Å². The zero-order chi connectivity index (χ0) is 11.7. The summed E-state index contributed by atoms with van der Waals surface area (Å²) in [5, 5.41) is 3.15. The van der Waals surface area contributed by atoms with Crippen LogP contribution in [0.3, 0.4) is 0 Å². The van der Waals surface area contributed by atoms with Crippen LogP contribution in [-0.4, -0.2) is 18.1 Å². The molecule has 84 valence electrons. The van der Waals surface area contributed by atoms with E-state index in [0.717, 1.165) is 15.4 Å². The molecule has 0 spiro atoms. The number of esters is 1. The van der Waals surface area contributed by atoms with Gasteiger partial charge in [-0.15, -0.1) is 11.3 Å². The second kappa shape index (κ2) is 4.23.